The second-order valence-electron chi connectivity index (χ2n) is 3.86. The molecule has 0 saturated heterocycles. The first-order valence-corrected chi connectivity index (χ1v) is 7.22. The topological polar surface area (TPSA) is 82.3 Å². The number of primary sulfonamides is 1. The fourth-order valence-corrected chi connectivity index (χ4v) is 2.19. The highest BCUT2D eigenvalue weighted by atomic mass is 35.5. The molecular formula is C12H11ClN2O3S. The van der Waals surface area contributed by atoms with Crippen molar-refractivity contribution in [1.29, 1.82) is 0 Å². The van der Waals surface area contributed by atoms with E-state index in [1.165, 1.54) is 18.3 Å². The average Bonchev–Trinajstić information content (AvgIpc) is 2.33. The number of hydrogen-bond acceptors (Lipinski definition) is 4. The Kier molecular flexibility index (Phi) is 3.75. The molecule has 1 aromatic carbocycles. The summed E-state index contributed by atoms with van der Waals surface area (Å²) in [6.45, 7) is 1.81. The van der Waals surface area contributed by atoms with E-state index >= 15 is 0 Å². The van der Waals surface area contributed by atoms with E-state index < -0.39 is 10.0 Å². The van der Waals surface area contributed by atoms with E-state index in [4.69, 9.17) is 21.5 Å². The number of benzene rings is 1. The Balaban J connectivity index is 2.41. The fraction of sp³-hybridized carbons (Fsp3) is 0.0833. The molecule has 2 rings (SSSR count). The lowest BCUT2D eigenvalue weighted by molar-refractivity contribution is 0.447. The molecule has 0 unspecified atom stereocenters. The van der Waals surface area contributed by atoms with E-state index in [0.29, 0.717) is 10.8 Å². The van der Waals surface area contributed by atoms with Gasteiger partial charge in [0.2, 0.25) is 15.9 Å². The second kappa shape index (κ2) is 5.16. The Morgan fingerprint density at radius 1 is 1.32 bits per heavy atom. The van der Waals surface area contributed by atoms with Crippen molar-refractivity contribution >= 4 is 21.6 Å². The number of sulfonamides is 1. The summed E-state index contributed by atoms with van der Waals surface area (Å²) in [4.78, 5) is 3.71. The van der Waals surface area contributed by atoms with Gasteiger partial charge in [0.1, 0.15) is 10.6 Å². The molecule has 1 aromatic heterocycles. The van der Waals surface area contributed by atoms with Crippen LogP contribution in [0.3, 0.4) is 0 Å². The normalized spacial score (nSPS) is 11.3. The van der Waals surface area contributed by atoms with Gasteiger partial charge in [-0.05, 0) is 42.8 Å². The summed E-state index contributed by atoms with van der Waals surface area (Å²) in [5.41, 5.74) is 0.812. The molecule has 0 aliphatic heterocycles. The van der Waals surface area contributed by atoms with Gasteiger partial charge in [0.05, 0.1) is 0 Å². The predicted octanol–water partition coefficient (Wildman–Crippen LogP) is 2.48. The lowest BCUT2D eigenvalue weighted by atomic mass is 10.2. The lowest BCUT2D eigenvalue weighted by Gasteiger charge is -2.09. The summed E-state index contributed by atoms with van der Waals surface area (Å²) < 4.78 is 28.2. The summed E-state index contributed by atoms with van der Waals surface area (Å²) in [7, 11) is -3.89. The first-order valence-electron chi connectivity index (χ1n) is 5.30. The number of ether oxygens (including phenoxy) is 1. The summed E-state index contributed by atoms with van der Waals surface area (Å²) in [6.07, 6.45) is 1.42. The van der Waals surface area contributed by atoms with Gasteiger partial charge in [0.15, 0.2) is 0 Å². The van der Waals surface area contributed by atoms with Crippen molar-refractivity contribution in [2.24, 2.45) is 5.14 Å². The van der Waals surface area contributed by atoms with E-state index in [1.807, 2.05) is 6.92 Å². The fourth-order valence-electron chi connectivity index (χ4n) is 1.46. The molecule has 0 atom stereocenters. The highest BCUT2D eigenvalue weighted by Gasteiger charge is 2.16. The van der Waals surface area contributed by atoms with Gasteiger partial charge in [-0.3, -0.25) is 0 Å². The molecule has 0 bridgehead atoms. The van der Waals surface area contributed by atoms with Gasteiger partial charge in [0.25, 0.3) is 0 Å². The maximum atomic E-state index is 11.4. The first-order chi connectivity index (χ1) is 8.88. The SMILES string of the molecule is Cc1cc(Oc2ncccc2S(N)(=O)=O)ccc1Cl. The maximum absolute atomic E-state index is 11.4. The molecule has 0 spiro atoms. The van der Waals surface area contributed by atoms with Crippen molar-refractivity contribution in [3.8, 4) is 11.6 Å². The standard InChI is InChI=1S/C12H11ClN2O3S/c1-8-7-9(4-5-10(8)13)18-12-11(19(14,16)17)3-2-6-15-12/h2-7H,1H3,(H2,14,16,17). The number of hydrogen-bond donors (Lipinski definition) is 1. The van der Waals surface area contributed by atoms with Crippen LogP contribution in [0.5, 0.6) is 11.6 Å². The third kappa shape index (κ3) is 3.23. The Hall–Kier alpha value is -1.63. The van der Waals surface area contributed by atoms with Gasteiger partial charge in [0, 0.05) is 11.2 Å². The maximum Gasteiger partial charge on any atom is 0.243 e. The van der Waals surface area contributed by atoms with Crippen molar-refractivity contribution < 1.29 is 13.2 Å². The van der Waals surface area contributed by atoms with Gasteiger partial charge in [-0.25, -0.2) is 18.5 Å². The number of pyridine rings is 1. The third-order valence-electron chi connectivity index (χ3n) is 2.39. The quantitative estimate of drug-likeness (QED) is 0.943. The molecule has 5 nitrogen and oxygen atoms in total. The van der Waals surface area contributed by atoms with Crippen molar-refractivity contribution in [2.75, 3.05) is 0 Å². The minimum absolute atomic E-state index is 0.0632. The van der Waals surface area contributed by atoms with Crippen molar-refractivity contribution in [2.45, 2.75) is 11.8 Å². The van der Waals surface area contributed by atoms with Crippen LogP contribution in [0.15, 0.2) is 41.4 Å². The molecule has 0 radical (unpaired) electrons. The van der Waals surface area contributed by atoms with Crippen LogP contribution in [-0.2, 0) is 10.0 Å². The molecule has 1 heterocycles. The molecule has 0 amide bonds. The van der Waals surface area contributed by atoms with Crippen LogP contribution in [0.1, 0.15) is 5.56 Å². The molecule has 100 valence electrons. The third-order valence-corrected chi connectivity index (χ3v) is 3.73. The van der Waals surface area contributed by atoms with Crippen LogP contribution >= 0.6 is 11.6 Å². The first kappa shape index (κ1) is 13.8. The Morgan fingerprint density at radius 2 is 2.05 bits per heavy atom. The molecule has 0 saturated carbocycles. The highest BCUT2D eigenvalue weighted by molar-refractivity contribution is 7.89. The Morgan fingerprint density at radius 3 is 2.68 bits per heavy atom. The summed E-state index contributed by atoms with van der Waals surface area (Å²) >= 11 is 5.90. The van der Waals surface area contributed by atoms with Crippen LogP contribution < -0.4 is 9.88 Å². The van der Waals surface area contributed by atoms with Crippen molar-refractivity contribution in [3.63, 3.8) is 0 Å². The number of halogens is 1. The second-order valence-corrected chi connectivity index (χ2v) is 5.80. The van der Waals surface area contributed by atoms with E-state index in [-0.39, 0.29) is 10.8 Å². The monoisotopic (exact) mass is 298 g/mol. The smallest absolute Gasteiger partial charge is 0.243 e. The Labute approximate surface area is 116 Å². The number of rotatable bonds is 3. The van der Waals surface area contributed by atoms with Crippen LogP contribution in [0.25, 0.3) is 0 Å². The van der Waals surface area contributed by atoms with Crippen LogP contribution in [-0.4, -0.2) is 13.4 Å². The lowest BCUT2D eigenvalue weighted by Crippen LogP contribution is -2.13. The number of aromatic nitrogens is 1. The van der Waals surface area contributed by atoms with Crippen molar-refractivity contribution in [1.82, 2.24) is 4.98 Å². The van der Waals surface area contributed by atoms with Gasteiger partial charge < -0.3 is 4.74 Å². The van der Waals surface area contributed by atoms with E-state index in [9.17, 15) is 8.42 Å². The Bertz CT molecular complexity index is 717. The molecule has 0 fully saturated rings. The zero-order chi connectivity index (χ0) is 14.0. The summed E-state index contributed by atoms with van der Waals surface area (Å²) in [6, 6.07) is 7.77. The number of nitrogens with two attached hydrogens (primary N) is 1. The van der Waals surface area contributed by atoms with Crippen LogP contribution in [0.4, 0.5) is 0 Å². The van der Waals surface area contributed by atoms with E-state index in [1.54, 1.807) is 18.2 Å². The van der Waals surface area contributed by atoms with Gasteiger partial charge in [-0.2, -0.15) is 0 Å². The van der Waals surface area contributed by atoms with E-state index in [0.717, 1.165) is 5.56 Å². The molecule has 0 aliphatic carbocycles. The number of nitrogens with zero attached hydrogens (tertiary/aromatic N) is 1. The zero-order valence-electron chi connectivity index (χ0n) is 10.00. The number of aryl methyl sites for hydroxylation is 1. The summed E-state index contributed by atoms with van der Waals surface area (Å²) in [5, 5.41) is 5.69. The zero-order valence-corrected chi connectivity index (χ0v) is 11.6. The van der Waals surface area contributed by atoms with Gasteiger partial charge in [-0.15, -0.1) is 0 Å². The molecule has 2 aromatic rings. The van der Waals surface area contributed by atoms with Crippen molar-refractivity contribution in [3.05, 3.63) is 47.1 Å². The van der Waals surface area contributed by atoms with E-state index in [2.05, 4.69) is 4.98 Å². The molecule has 7 heteroatoms. The van der Waals surface area contributed by atoms with Gasteiger partial charge in [-0.1, -0.05) is 11.6 Å². The predicted molar refractivity (Wildman–Crippen MR) is 71.9 cm³/mol. The van der Waals surface area contributed by atoms with Crippen LogP contribution in [0.2, 0.25) is 5.02 Å². The van der Waals surface area contributed by atoms with Gasteiger partial charge >= 0.3 is 0 Å². The summed E-state index contributed by atoms with van der Waals surface area (Å²) in [5.74, 6) is 0.372. The molecule has 19 heavy (non-hydrogen) atoms. The minimum Gasteiger partial charge on any atom is -0.438 e. The molecule has 2 N–H and O–H groups in total. The minimum atomic E-state index is -3.89. The molecule has 0 aliphatic rings. The highest BCUT2D eigenvalue weighted by Crippen LogP contribution is 2.28. The average molecular weight is 299 g/mol. The van der Waals surface area contributed by atoms with Crippen LogP contribution in [0, 0.1) is 6.92 Å². The molecular weight excluding hydrogens is 288 g/mol. The largest absolute Gasteiger partial charge is 0.438 e.